The quantitative estimate of drug-likeness (QED) is 0.755. The van der Waals surface area contributed by atoms with E-state index in [1.165, 1.54) is 6.07 Å². The normalized spacial score (nSPS) is 22.8. The molecule has 98 valence electrons. The number of hydrogen-bond donors (Lipinski definition) is 3. The lowest BCUT2D eigenvalue weighted by molar-refractivity contribution is 0.241. The van der Waals surface area contributed by atoms with Crippen LogP contribution in [0.1, 0.15) is 13.3 Å². The Hall–Kier alpha value is -1.69. The van der Waals surface area contributed by atoms with Gasteiger partial charge in [0.15, 0.2) is 0 Å². The molecule has 0 spiro atoms. The Balaban J connectivity index is 1.98. The van der Waals surface area contributed by atoms with Crippen molar-refractivity contribution in [3.05, 3.63) is 29.8 Å². The number of rotatable bonds is 2. The van der Waals surface area contributed by atoms with Crippen LogP contribution in [0.15, 0.2) is 18.2 Å². The third kappa shape index (κ3) is 2.95. The molecule has 1 fully saturated rings. The largest absolute Gasteiger partial charge is 0.331 e. The lowest BCUT2D eigenvalue weighted by Crippen LogP contribution is -2.49. The number of hydrogen-bond acceptors (Lipinski definition) is 2. The number of amides is 2. The van der Waals surface area contributed by atoms with Crippen molar-refractivity contribution in [1.82, 2.24) is 10.6 Å². The van der Waals surface area contributed by atoms with Crippen LogP contribution in [0, 0.1) is 11.6 Å². The second-order valence-electron chi connectivity index (χ2n) is 4.69. The highest BCUT2D eigenvalue weighted by Gasteiger charge is 2.30. The molecular weight excluding hydrogens is 240 g/mol. The number of halogens is 2. The molecule has 0 saturated carbocycles. The number of urea groups is 1. The predicted molar refractivity (Wildman–Crippen MR) is 64.4 cm³/mol. The lowest BCUT2D eigenvalue weighted by Gasteiger charge is -2.24. The molecule has 0 aromatic heterocycles. The fourth-order valence-electron chi connectivity index (χ4n) is 1.94. The first-order valence-corrected chi connectivity index (χ1v) is 5.73. The van der Waals surface area contributed by atoms with E-state index >= 15 is 0 Å². The van der Waals surface area contributed by atoms with Crippen LogP contribution in [0.3, 0.4) is 0 Å². The number of carbonyl (C=O) groups excluding carboxylic acids is 1. The fourth-order valence-corrected chi connectivity index (χ4v) is 1.94. The van der Waals surface area contributed by atoms with Crippen molar-refractivity contribution in [3.63, 3.8) is 0 Å². The molecule has 1 aromatic carbocycles. The van der Waals surface area contributed by atoms with Gasteiger partial charge in [-0.1, -0.05) is 0 Å². The van der Waals surface area contributed by atoms with Gasteiger partial charge in [-0.3, -0.25) is 0 Å². The van der Waals surface area contributed by atoms with E-state index in [4.69, 9.17) is 0 Å². The van der Waals surface area contributed by atoms with E-state index in [9.17, 15) is 13.6 Å². The summed E-state index contributed by atoms with van der Waals surface area (Å²) in [5.41, 5.74) is -0.371. The summed E-state index contributed by atoms with van der Waals surface area (Å²) in [4.78, 5) is 11.7. The molecule has 2 amide bonds. The van der Waals surface area contributed by atoms with Gasteiger partial charge in [-0.2, -0.15) is 0 Å². The van der Waals surface area contributed by atoms with Gasteiger partial charge >= 0.3 is 6.03 Å². The second-order valence-corrected chi connectivity index (χ2v) is 4.69. The highest BCUT2D eigenvalue weighted by atomic mass is 19.1. The first kappa shape index (κ1) is 12.8. The van der Waals surface area contributed by atoms with Crippen LogP contribution in [-0.4, -0.2) is 24.7 Å². The van der Waals surface area contributed by atoms with Crippen molar-refractivity contribution in [2.75, 3.05) is 18.4 Å². The molecule has 18 heavy (non-hydrogen) atoms. The third-order valence-corrected chi connectivity index (χ3v) is 2.96. The second kappa shape index (κ2) is 4.89. The average Bonchev–Trinajstić information content (AvgIpc) is 2.69. The summed E-state index contributed by atoms with van der Waals surface area (Å²) in [7, 11) is 0. The highest BCUT2D eigenvalue weighted by molar-refractivity contribution is 5.89. The summed E-state index contributed by atoms with van der Waals surface area (Å²) in [6, 6.07) is 2.53. The molecule has 1 saturated heterocycles. The Kier molecular flexibility index (Phi) is 3.47. The van der Waals surface area contributed by atoms with E-state index < -0.39 is 17.7 Å². The molecule has 0 aliphatic carbocycles. The van der Waals surface area contributed by atoms with Crippen molar-refractivity contribution >= 4 is 11.7 Å². The predicted octanol–water partition coefficient (Wildman–Crippen LogP) is 1.84. The molecule has 1 atom stereocenters. The zero-order chi connectivity index (χ0) is 13.2. The Morgan fingerprint density at radius 2 is 2.22 bits per heavy atom. The van der Waals surface area contributed by atoms with E-state index in [-0.39, 0.29) is 11.2 Å². The van der Waals surface area contributed by atoms with Crippen molar-refractivity contribution in [2.24, 2.45) is 0 Å². The molecule has 1 aromatic rings. The number of anilines is 1. The summed E-state index contributed by atoms with van der Waals surface area (Å²) in [5.74, 6) is -1.47. The smallest absolute Gasteiger partial charge is 0.319 e. The van der Waals surface area contributed by atoms with Crippen LogP contribution in [0.25, 0.3) is 0 Å². The molecule has 1 heterocycles. The minimum atomic E-state index is -0.792. The SMILES string of the molecule is CC1(NC(=O)Nc2ccc(F)cc2F)CCNC1. The molecule has 1 unspecified atom stereocenters. The molecular formula is C12H15F2N3O. The molecule has 3 N–H and O–H groups in total. The van der Waals surface area contributed by atoms with Gasteiger partial charge in [-0.25, -0.2) is 13.6 Å². The Bertz CT molecular complexity index is 459. The van der Waals surface area contributed by atoms with E-state index in [1.54, 1.807) is 0 Å². The maximum Gasteiger partial charge on any atom is 0.319 e. The highest BCUT2D eigenvalue weighted by Crippen LogP contribution is 2.16. The molecule has 6 heteroatoms. The van der Waals surface area contributed by atoms with Crippen LogP contribution < -0.4 is 16.0 Å². The van der Waals surface area contributed by atoms with Gasteiger partial charge in [-0.05, 0) is 32.0 Å². The summed E-state index contributed by atoms with van der Waals surface area (Å²) in [6.07, 6.45) is 0.812. The van der Waals surface area contributed by atoms with Crippen LogP contribution in [0.2, 0.25) is 0 Å². The van der Waals surface area contributed by atoms with E-state index in [0.29, 0.717) is 6.54 Å². The Morgan fingerprint density at radius 3 is 2.83 bits per heavy atom. The van der Waals surface area contributed by atoms with E-state index in [2.05, 4.69) is 16.0 Å². The zero-order valence-corrected chi connectivity index (χ0v) is 10.0. The van der Waals surface area contributed by atoms with Gasteiger partial charge in [0.1, 0.15) is 11.6 Å². The monoisotopic (exact) mass is 255 g/mol. The standard InChI is InChI=1S/C12H15F2N3O/c1-12(4-5-15-7-12)17-11(18)16-10-3-2-8(13)6-9(10)14/h2-3,6,15H,4-5,7H2,1H3,(H2,16,17,18). The Labute approximate surface area is 104 Å². The topological polar surface area (TPSA) is 53.2 Å². The maximum absolute atomic E-state index is 13.3. The van der Waals surface area contributed by atoms with E-state index in [0.717, 1.165) is 25.1 Å². The molecule has 1 aliphatic heterocycles. The van der Waals surface area contributed by atoms with Gasteiger partial charge in [0, 0.05) is 12.6 Å². The lowest BCUT2D eigenvalue weighted by atomic mass is 10.0. The molecule has 2 rings (SSSR count). The Morgan fingerprint density at radius 1 is 1.44 bits per heavy atom. The van der Waals surface area contributed by atoms with Crippen LogP contribution in [0.5, 0.6) is 0 Å². The third-order valence-electron chi connectivity index (χ3n) is 2.96. The van der Waals surface area contributed by atoms with Gasteiger partial charge in [0.25, 0.3) is 0 Å². The van der Waals surface area contributed by atoms with Crippen molar-refractivity contribution < 1.29 is 13.6 Å². The summed E-state index contributed by atoms with van der Waals surface area (Å²) < 4.78 is 26.0. The van der Waals surface area contributed by atoms with Crippen LogP contribution in [-0.2, 0) is 0 Å². The summed E-state index contributed by atoms with van der Waals surface area (Å²) >= 11 is 0. The minimum Gasteiger partial charge on any atom is -0.331 e. The van der Waals surface area contributed by atoms with Gasteiger partial charge in [-0.15, -0.1) is 0 Å². The molecule has 1 aliphatic rings. The summed E-state index contributed by atoms with van der Waals surface area (Å²) in [5, 5.41) is 8.28. The first-order chi connectivity index (χ1) is 8.48. The van der Waals surface area contributed by atoms with Crippen LogP contribution >= 0.6 is 0 Å². The number of nitrogens with one attached hydrogen (secondary N) is 3. The summed E-state index contributed by atoms with van der Waals surface area (Å²) in [6.45, 7) is 3.42. The molecule has 4 nitrogen and oxygen atoms in total. The number of benzene rings is 1. The van der Waals surface area contributed by atoms with Gasteiger partial charge in [0.2, 0.25) is 0 Å². The van der Waals surface area contributed by atoms with Gasteiger partial charge in [0.05, 0.1) is 11.2 Å². The van der Waals surface area contributed by atoms with E-state index in [1.807, 2.05) is 6.92 Å². The average molecular weight is 255 g/mol. The zero-order valence-electron chi connectivity index (χ0n) is 10.0. The van der Waals surface area contributed by atoms with Crippen LogP contribution in [0.4, 0.5) is 19.3 Å². The molecule has 0 bridgehead atoms. The maximum atomic E-state index is 13.3. The number of carbonyl (C=O) groups is 1. The van der Waals surface area contributed by atoms with Gasteiger partial charge < -0.3 is 16.0 Å². The molecule has 0 radical (unpaired) electrons. The minimum absolute atomic E-state index is 0.0385. The van der Waals surface area contributed by atoms with Crippen molar-refractivity contribution in [3.8, 4) is 0 Å². The fraction of sp³-hybridized carbons (Fsp3) is 0.417. The van der Waals surface area contributed by atoms with Crippen molar-refractivity contribution in [1.29, 1.82) is 0 Å². The first-order valence-electron chi connectivity index (χ1n) is 5.73. The van der Waals surface area contributed by atoms with Crippen molar-refractivity contribution in [2.45, 2.75) is 18.9 Å².